The van der Waals surface area contributed by atoms with Gasteiger partial charge in [0.1, 0.15) is 0 Å². The Balaban J connectivity index is -0.0000000314. The van der Waals surface area contributed by atoms with Crippen molar-refractivity contribution in [3.63, 3.8) is 0 Å². The zero-order valence-electron chi connectivity index (χ0n) is 8.44. The van der Waals surface area contributed by atoms with Gasteiger partial charge in [-0.25, -0.2) is 0 Å². The summed E-state index contributed by atoms with van der Waals surface area (Å²) >= 11 is 0. The predicted octanol–water partition coefficient (Wildman–Crippen LogP) is -3.75. The molecule has 6 radical (unpaired) electrons. The maximum absolute atomic E-state index is 7.74. The van der Waals surface area contributed by atoms with Crippen molar-refractivity contribution >= 4 is 46.1 Å². The van der Waals surface area contributed by atoms with E-state index in [-0.39, 0.29) is 105 Å². The van der Waals surface area contributed by atoms with Gasteiger partial charge in [0.2, 0.25) is 0 Å². The minimum Gasteiger partial charge on any atom is -0.457 e. The molecule has 0 bridgehead atoms. The van der Waals surface area contributed by atoms with Gasteiger partial charge >= 0.3 is 46.1 Å². The molecule has 0 aromatic carbocycles. The summed E-state index contributed by atoms with van der Waals surface area (Å²) in [5, 5.41) is 15.5. The first-order valence-corrected chi connectivity index (χ1v) is 2.87. The molecule has 0 aromatic rings. The molecule has 0 aliphatic carbocycles. The smallest absolute Gasteiger partial charge is 0.457 e. The molecule has 0 aromatic heterocycles. The molecule has 18 heavy (non-hydrogen) atoms. The molecule has 0 spiro atoms. The van der Waals surface area contributed by atoms with Crippen LogP contribution in [-0.4, -0.2) is 56.2 Å². The van der Waals surface area contributed by atoms with Gasteiger partial charge in [-0.05, 0) is 0 Å². The van der Waals surface area contributed by atoms with Crippen LogP contribution in [0.2, 0.25) is 0 Å². The van der Waals surface area contributed by atoms with E-state index in [0.717, 1.165) is 30.7 Å². The Morgan fingerprint density at radius 2 is 0.944 bits per heavy atom. The average molecular weight is 1100 g/mol. The first-order valence-electron chi connectivity index (χ1n) is 2.87. The minimum atomic E-state index is 0. The van der Waals surface area contributed by atoms with Gasteiger partial charge in [-0.3, -0.25) is 0 Å². The summed E-state index contributed by atoms with van der Waals surface area (Å²) in [5.74, 6) is 0. The van der Waals surface area contributed by atoms with E-state index in [9.17, 15) is 0 Å². The molecule has 18 heteroatoms. The largest absolute Gasteiger partial charge is 0.469 e. The third-order valence-electron chi connectivity index (χ3n) is 0.566. The maximum Gasteiger partial charge on any atom is 0.469 e. The van der Waals surface area contributed by atoms with Crippen LogP contribution in [0, 0.1) is 0 Å². The van der Waals surface area contributed by atoms with Gasteiger partial charge in [-0.2, -0.15) is 0 Å². The molecular weight excluding hydrogens is 1100 g/mol. The topological polar surface area (TPSA) is 86.6 Å². The van der Waals surface area contributed by atoms with E-state index in [4.69, 9.17) is 10.0 Å². The fourth-order valence-corrected chi connectivity index (χ4v) is 0.246. The monoisotopic (exact) mass is 1100 g/mol. The van der Waals surface area contributed by atoms with Crippen molar-refractivity contribution in [3.05, 3.63) is 0 Å². The van der Waals surface area contributed by atoms with Gasteiger partial charge in [0.05, 0.1) is 0 Å². The van der Waals surface area contributed by atoms with E-state index >= 15 is 0 Å². The van der Waals surface area contributed by atoms with Crippen LogP contribution in [0.5, 0.6) is 0 Å². The Hall–Kier alpha value is 3.55. The molecular formula is H2B6O7W5. The zero-order chi connectivity index (χ0) is 9.78. The summed E-state index contributed by atoms with van der Waals surface area (Å²) in [4.78, 5) is 0. The van der Waals surface area contributed by atoms with E-state index in [1.807, 2.05) is 0 Å². The van der Waals surface area contributed by atoms with E-state index in [1.54, 1.807) is 0 Å². The van der Waals surface area contributed by atoms with Crippen LogP contribution in [-0.2, 0) is 128 Å². The van der Waals surface area contributed by atoms with Gasteiger partial charge < -0.3 is 32.9 Å². The van der Waals surface area contributed by atoms with Gasteiger partial charge in [0.25, 0.3) is 0 Å². The number of rotatable bonds is 4. The second kappa shape index (κ2) is 37.1. The molecule has 1 rings (SSSR count). The second-order valence-corrected chi connectivity index (χ2v) is 1.28. The SMILES string of the molecule is O[B]O[B]O[B]O.[B]1O[B]O[B]O1.[W].[W].[W].[W].[W]. The molecule has 1 aliphatic rings. The van der Waals surface area contributed by atoms with Crippen molar-refractivity contribution < 1.29 is 138 Å². The molecule has 0 amide bonds. The molecule has 0 unspecified atom stereocenters. The van der Waals surface area contributed by atoms with Crippen molar-refractivity contribution in [2.24, 2.45) is 0 Å². The number of hydrogen-bond acceptors (Lipinski definition) is 7. The fourth-order valence-electron chi connectivity index (χ4n) is 0.246. The molecule has 7 nitrogen and oxygen atoms in total. The number of hydrogen-bond donors (Lipinski definition) is 2. The molecule has 0 atom stereocenters. The van der Waals surface area contributed by atoms with Crippen molar-refractivity contribution in [2.45, 2.75) is 0 Å². The van der Waals surface area contributed by atoms with Crippen molar-refractivity contribution in [3.8, 4) is 0 Å². The normalized spacial score (nSPS) is 9.67. The van der Waals surface area contributed by atoms with E-state index in [2.05, 4.69) is 22.9 Å². The van der Waals surface area contributed by atoms with E-state index in [0.29, 0.717) is 15.4 Å². The van der Waals surface area contributed by atoms with Crippen LogP contribution in [0.4, 0.5) is 0 Å². The van der Waals surface area contributed by atoms with E-state index < -0.39 is 0 Å². The van der Waals surface area contributed by atoms with Gasteiger partial charge in [0.15, 0.2) is 0 Å². The standard InChI is InChI=1S/B3H2O4.B3O3.5W/c4-1-6-3-7-2-5;1-4-2-6-3-5-1;;;;;/h4-5H;;;;;;. The zero-order valence-corrected chi connectivity index (χ0v) is 23.1. The summed E-state index contributed by atoms with van der Waals surface area (Å²) in [6.07, 6.45) is 0. The van der Waals surface area contributed by atoms with Crippen molar-refractivity contribution in [1.29, 1.82) is 0 Å². The Kier molecular flexibility index (Phi) is 77.6. The quantitative estimate of drug-likeness (QED) is 0.222. The summed E-state index contributed by atoms with van der Waals surface area (Å²) in [5.41, 5.74) is 0. The maximum atomic E-state index is 7.74. The van der Waals surface area contributed by atoms with Crippen molar-refractivity contribution in [2.75, 3.05) is 0 Å². The Bertz CT molecular complexity index is 84.9. The minimum absolute atomic E-state index is 0. The summed E-state index contributed by atoms with van der Waals surface area (Å²) in [6.45, 7) is 0. The second-order valence-electron chi connectivity index (χ2n) is 1.28. The predicted molar refractivity (Wildman–Crippen MR) is 44.4 cm³/mol. The third kappa shape index (κ3) is 36.6. The summed E-state index contributed by atoms with van der Waals surface area (Å²) in [6, 6.07) is 0. The fraction of sp³-hybridized carbons (Fsp3) is 0. The van der Waals surface area contributed by atoms with Crippen molar-refractivity contribution in [1.82, 2.24) is 0 Å². The van der Waals surface area contributed by atoms with Gasteiger partial charge in [-0.1, -0.05) is 0 Å². The summed E-state index contributed by atoms with van der Waals surface area (Å²) < 4.78 is 21.0. The molecule has 0 saturated carbocycles. The molecule has 92 valence electrons. The van der Waals surface area contributed by atoms with Crippen LogP contribution < -0.4 is 0 Å². The van der Waals surface area contributed by atoms with Gasteiger partial charge in [-0.15, -0.1) is 0 Å². The third-order valence-corrected chi connectivity index (χ3v) is 0.566. The molecule has 2 N–H and O–H groups in total. The first kappa shape index (κ1) is 37.6. The summed E-state index contributed by atoms with van der Waals surface area (Å²) in [7, 11) is 5.06. The van der Waals surface area contributed by atoms with Gasteiger partial charge in [0, 0.05) is 105 Å². The van der Waals surface area contributed by atoms with Crippen LogP contribution in [0.3, 0.4) is 0 Å². The van der Waals surface area contributed by atoms with Crippen LogP contribution in [0.25, 0.3) is 0 Å². The Morgan fingerprint density at radius 3 is 1.11 bits per heavy atom. The Morgan fingerprint density at radius 1 is 0.667 bits per heavy atom. The van der Waals surface area contributed by atoms with Crippen LogP contribution in [0.15, 0.2) is 0 Å². The molecule has 1 fully saturated rings. The average Bonchev–Trinajstić information content (AvgIpc) is 2.22. The first-order chi connectivity index (χ1) is 6.41. The Labute approximate surface area is 182 Å². The van der Waals surface area contributed by atoms with Crippen LogP contribution >= 0.6 is 0 Å². The molecule has 1 heterocycles. The van der Waals surface area contributed by atoms with E-state index in [1.165, 1.54) is 0 Å². The molecule has 1 saturated heterocycles. The van der Waals surface area contributed by atoms with Crippen LogP contribution in [0.1, 0.15) is 0 Å². The molecule has 1 aliphatic heterocycles.